The largest absolute Gasteiger partial charge is 0.391 e. The van der Waals surface area contributed by atoms with E-state index in [2.05, 4.69) is 19.2 Å². The number of rotatable bonds is 6. The van der Waals surface area contributed by atoms with Crippen LogP contribution in [0.1, 0.15) is 41.0 Å². The third-order valence-corrected chi connectivity index (χ3v) is 2.90. The van der Waals surface area contributed by atoms with Crippen molar-refractivity contribution in [2.45, 2.75) is 52.7 Å². The zero-order chi connectivity index (χ0) is 12.9. The normalized spacial score (nSPS) is 16.0. The van der Waals surface area contributed by atoms with Gasteiger partial charge in [-0.25, -0.2) is 0 Å². The second kappa shape index (κ2) is 6.21. The number of carbonyl (C=O) groups excluding carboxylic acids is 1. The SMILES string of the molecule is CC(C)CC(CN)C(=O)NC(C)(C)C(C)O. The van der Waals surface area contributed by atoms with Crippen LogP contribution < -0.4 is 11.1 Å². The van der Waals surface area contributed by atoms with Crippen molar-refractivity contribution < 1.29 is 9.90 Å². The fraction of sp³-hybridized carbons (Fsp3) is 0.917. The number of amides is 1. The lowest BCUT2D eigenvalue weighted by molar-refractivity contribution is -0.128. The Bertz CT molecular complexity index is 225. The average Bonchev–Trinajstić information content (AvgIpc) is 2.12. The molecule has 16 heavy (non-hydrogen) atoms. The molecule has 0 radical (unpaired) electrons. The lowest BCUT2D eigenvalue weighted by atomic mass is 9.93. The van der Waals surface area contributed by atoms with E-state index in [4.69, 9.17) is 5.73 Å². The molecular formula is C12H26N2O2. The summed E-state index contributed by atoms with van der Waals surface area (Å²) < 4.78 is 0. The van der Waals surface area contributed by atoms with Crippen LogP contribution >= 0.6 is 0 Å². The van der Waals surface area contributed by atoms with Gasteiger partial charge in [0.1, 0.15) is 0 Å². The number of hydrogen-bond donors (Lipinski definition) is 3. The third-order valence-electron chi connectivity index (χ3n) is 2.90. The molecule has 4 N–H and O–H groups in total. The topological polar surface area (TPSA) is 75.4 Å². The molecule has 2 unspecified atom stereocenters. The van der Waals surface area contributed by atoms with Gasteiger partial charge in [-0.3, -0.25) is 4.79 Å². The Labute approximate surface area is 98.6 Å². The molecule has 0 aromatic heterocycles. The summed E-state index contributed by atoms with van der Waals surface area (Å²) >= 11 is 0. The predicted octanol–water partition coefficient (Wildman–Crippen LogP) is 0.883. The van der Waals surface area contributed by atoms with Crippen LogP contribution in [0.15, 0.2) is 0 Å². The highest BCUT2D eigenvalue weighted by Crippen LogP contribution is 2.14. The van der Waals surface area contributed by atoms with Crippen molar-refractivity contribution in [3.8, 4) is 0 Å². The Hall–Kier alpha value is -0.610. The van der Waals surface area contributed by atoms with E-state index in [9.17, 15) is 9.90 Å². The Morgan fingerprint density at radius 2 is 1.88 bits per heavy atom. The average molecular weight is 230 g/mol. The number of aliphatic hydroxyl groups is 1. The molecule has 0 aromatic rings. The molecule has 0 saturated heterocycles. The van der Waals surface area contributed by atoms with Gasteiger partial charge in [0.05, 0.1) is 17.6 Å². The van der Waals surface area contributed by atoms with Gasteiger partial charge in [-0.15, -0.1) is 0 Å². The van der Waals surface area contributed by atoms with Crippen LogP contribution in [0.25, 0.3) is 0 Å². The van der Waals surface area contributed by atoms with E-state index in [0.29, 0.717) is 12.5 Å². The fourth-order valence-electron chi connectivity index (χ4n) is 1.40. The van der Waals surface area contributed by atoms with E-state index in [1.165, 1.54) is 0 Å². The lowest BCUT2D eigenvalue weighted by Gasteiger charge is -2.31. The quantitative estimate of drug-likeness (QED) is 0.634. The van der Waals surface area contributed by atoms with Crippen LogP contribution in [0, 0.1) is 11.8 Å². The van der Waals surface area contributed by atoms with E-state index >= 15 is 0 Å². The number of aliphatic hydroxyl groups excluding tert-OH is 1. The second-order valence-corrected chi connectivity index (χ2v) is 5.45. The predicted molar refractivity (Wildman–Crippen MR) is 65.9 cm³/mol. The van der Waals surface area contributed by atoms with Crippen molar-refractivity contribution in [3.05, 3.63) is 0 Å². The van der Waals surface area contributed by atoms with Gasteiger partial charge < -0.3 is 16.2 Å². The molecule has 0 aromatic carbocycles. The minimum Gasteiger partial charge on any atom is -0.391 e. The molecule has 96 valence electrons. The number of hydrogen-bond acceptors (Lipinski definition) is 3. The molecule has 4 heteroatoms. The highest BCUT2D eigenvalue weighted by Gasteiger charge is 2.29. The Balaban J connectivity index is 4.42. The van der Waals surface area contributed by atoms with E-state index in [-0.39, 0.29) is 11.8 Å². The highest BCUT2D eigenvalue weighted by molar-refractivity contribution is 5.79. The van der Waals surface area contributed by atoms with Gasteiger partial charge in [0.2, 0.25) is 5.91 Å². The van der Waals surface area contributed by atoms with Crippen LogP contribution in [0.3, 0.4) is 0 Å². The standard InChI is InChI=1S/C12H26N2O2/c1-8(2)6-10(7-13)11(16)14-12(4,5)9(3)15/h8-10,15H,6-7,13H2,1-5H3,(H,14,16). The van der Waals surface area contributed by atoms with Gasteiger partial charge in [0.15, 0.2) is 0 Å². The molecule has 0 aliphatic heterocycles. The first-order valence-electron chi connectivity index (χ1n) is 5.90. The second-order valence-electron chi connectivity index (χ2n) is 5.45. The summed E-state index contributed by atoms with van der Waals surface area (Å²) in [6.45, 7) is 9.75. The van der Waals surface area contributed by atoms with Crippen molar-refractivity contribution in [1.82, 2.24) is 5.32 Å². The van der Waals surface area contributed by atoms with Gasteiger partial charge in [-0.05, 0) is 33.1 Å². The summed E-state index contributed by atoms with van der Waals surface area (Å²) in [6, 6.07) is 0. The first kappa shape index (κ1) is 15.4. The molecule has 0 bridgehead atoms. The van der Waals surface area contributed by atoms with Crippen LogP contribution in [-0.2, 0) is 4.79 Å². The maximum atomic E-state index is 11.9. The van der Waals surface area contributed by atoms with Crippen molar-refractivity contribution >= 4 is 5.91 Å². The highest BCUT2D eigenvalue weighted by atomic mass is 16.3. The van der Waals surface area contributed by atoms with Crippen molar-refractivity contribution in [2.75, 3.05) is 6.54 Å². The first-order valence-corrected chi connectivity index (χ1v) is 5.90. The minimum absolute atomic E-state index is 0.0675. The summed E-state index contributed by atoms with van der Waals surface area (Å²) in [7, 11) is 0. The van der Waals surface area contributed by atoms with Crippen LogP contribution in [0.4, 0.5) is 0 Å². The number of nitrogens with one attached hydrogen (secondary N) is 1. The molecule has 2 atom stereocenters. The summed E-state index contributed by atoms with van der Waals surface area (Å²) in [6.07, 6.45) is 0.187. The van der Waals surface area contributed by atoms with Gasteiger partial charge >= 0.3 is 0 Å². The van der Waals surface area contributed by atoms with Crippen molar-refractivity contribution in [1.29, 1.82) is 0 Å². The monoisotopic (exact) mass is 230 g/mol. The maximum absolute atomic E-state index is 11.9. The molecule has 0 fully saturated rings. The van der Waals surface area contributed by atoms with E-state index in [1.54, 1.807) is 20.8 Å². The van der Waals surface area contributed by atoms with Crippen LogP contribution in [-0.4, -0.2) is 29.2 Å². The van der Waals surface area contributed by atoms with Gasteiger partial charge in [0, 0.05) is 6.54 Å². The number of nitrogens with two attached hydrogens (primary N) is 1. The first-order chi connectivity index (χ1) is 7.20. The Morgan fingerprint density at radius 3 is 2.19 bits per heavy atom. The Kier molecular flexibility index (Phi) is 5.97. The van der Waals surface area contributed by atoms with Crippen LogP contribution in [0.2, 0.25) is 0 Å². The summed E-state index contributed by atoms with van der Waals surface area (Å²) in [5.74, 6) is 0.203. The summed E-state index contributed by atoms with van der Waals surface area (Å²) in [5.41, 5.74) is 4.98. The fourth-order valence-corrected chi connectivity index (χ4v) is 1.40. The molecule has 0 rings (SSSR count). The van der Waals surface area contributed by atoms with Crippen molar-refractivity contribution in [3.63, 3.8) is 0 Å². The lowest BCUT2D eigenvalue weighted by Crippen LogP contribution is -2.53. The van der Waals surface area contributed by atoms with Gasteiger partial charge in [0.25, 0.3) is 0 Å². The zero-order valence-corrected chi connectivity index (χ0v) is 11.1. The van der Waals surface area contributed by atoms with Crippen LogP contribution in [0.5, 0.6) is 0 Å². The molecule has 0 aliphatic rings. The molecule has 1 amide bonds. The number of carbonyl (C=O) groups is 1. The molecule has 0 spiro atoms. The van der Waals surface area contributed by atoms with Gasteiger partial charge in [-0.2, -0.15) is 0 Å². The molecule has 4 nitrogen and oxygen atoms in total. The third kappa shape index (κ3) is 4.94. The molecule has 0 saturated carbocycles. The van der Waals surface area contributed by atoms with E-state index < -0.39 is 11.6 Å². The maximum Gasteiger partial charge on any atom is 0.224 e. The van der Waals surface area contributed by atoms with Crippen molar-refractivity contribution in [2.24, 2.45) is 17.6 Å². The molecular weight excluding hydrogens is 204 g/mol. The summed E-state index contributed by atoms with van der Waals surface area (Å²) in [4.78, 5) is 11.9. The Morgan fingerprint density at radius 1 is 1.38 bits per heavy atom. The zero-order valence-electron chi connectivity index (χ0n) is 11.1. The van der Waals surface area contributed by atoms with E-state index in [1.807, 2.05) is 0 Å². The minimum atomic E-state index is -0.610. The van der Waals surface area contributed by atoms with E-state index in [0.717, 1.165) is 6.42 Å². The molecule has 0 heterocycles. The summed E-state index contributed by atoms with van der Waals surface area (Å²) in [5, 5.41) is 12.4. The smallest absolute Gasteiger partial charge is 0.224 e. The molecule has 0 aliphatic carbocycles. The van der Waals surface area contributed by atoms with Gasteiger partial charge in [-0.1, -0.05) is 13.8 Å².